The van der Waals surface area contributed by atoms with Gasteiger partial charge in [0.2, 0.25) is 5.89 Å². The summed E-state index contributed by atoms with van der Waals surface area (Å²) in [7, 11) is 0. The molecule has 0 aliphatic heterocycles. The maximum Gasteiger partial charge on any atom is 0.233 e. The second kappa shape index (κ2) is 5.13. The van der Waals surface area contributed by atoms with Gasteiger partial charge in [-0.3, -0.25) is 0 Å². The Balaban J connectivity index is 1.79. The van der Waals surface area contributed by atoms with Crippen LogP contribution < -0.4 is 10.5 Å². The van der Waals surface area contributed by atoms with Crippen molar-refractivity contribution in [2.75, 3.05) is 5.73 Å². The Hall–Kier alpha value is -2.08. The van der Waals surface area contributed by atoms with Crippen molar-refractivity contribution in [3.05, 3.63) is 52.6 Å². The van der Waals surface area contributed by atoms with Gasteiger partial charge in [-0.05, 0) is 24.3 Å². The van der Waals surface area contributed by atoms with Crippen LogP contribution in [0.15, 0.2) is 45.3 Å². The molecule has 0 radical (unpaired) electrons. The minimum absolute atomic E-state index is 0.116. The molecule has 1 heterocycles. The number of hydrogen-bond acceptors (Lipinski definition) is 4. The predicted octanol–water partition coefficient (Wildman–Crippen LogP) is 3.89. The summed E-state index contributed by atoms with van der Waals surface area (Å²) >= 11 is 3.20. The zero-order valence-corrected chi connectivity index (χ0v) is 11.9. The molecule has 0 saturated carbocycles. The van der Waals surface area contributed by atoms with Crippen LogP contribution in [0.4, 0.5) is 10.1 Å². The number of anilines is 1. The molecular formula is C14H10BrFN2O2. The maximum atomic E-state index is 13.2. The van der Waals surface area contributed by atoms with Gasteiger partial charge in [0.15, 0.2) is 12.2 Å². The van der Waals surface area contributed by atoms with Crippen LogP contribution in [0.5, 0.6) is 5.75 Å². The second-order valence-electron chi connectivity index (χ2n) is 4.23. The standard InChI is InChI=1S/C14H10BrFN2O2/c15-8-3-9(16)5-11(4-8)19-7-14-18-12-2-1-10(17)6-13(12)20-14/h1-6H,7,17H2. The smallest absolute Gasteiger partial charge is 0.233 e. The van der Waals surface area contributed by atoms with Crippen LogP contribution in [0.3, 0.4) is 0 Å². The van der Waals surface area contributed by atoms with Gasteiger partial charge >= 0.3 is 0 Å². The van der Waals surface area contributed by atoms with Crippen molar-refractivity contribution >= 4 is 32.7 Å². The third kappa shape index (κ3) is 2.75. The molecule has 0 spiro atoms. The first kappa shape index (κ1) is 12.9. The molecule has 20 heavy (non-hydrogen) atoms. The van der Waals surface area contributed by atoms with E-state index < -0.39 is 0 Å². The quantitative estimate of drug-likeness (QED) is 0.737. The summed E-state index contributed by atoms with van der Waals surface area (Å²) in [6.45, 7) is 0.116. The van der Waals surface area contributed by atoms with Crippen molar-refractivity contribution in [3.63, 3.8) is 0 Å². The minimum Gasteiger partial charge on any atom is -0.484 e. The van der Waals surface area contributed by atoms with Gasteiger partial charge in [0.1, 0.15) is 17.1 Å². The van der Waals surface area contributed by atoms with Crippen molar-refractivity contribution < 1.29 is 13.5 Å². The molecule has 0 aliphatic rings. The summed E-state index contributed by atoms with van der Waals surface area (Å²) in [6, 6.07) is 9.55. The Kier molecular flexibility index (Phi) is 3.31. The Bertz CT molecular complexity index is 753. The summed E-state index contributed by atoms with van der Waals surface area (Å²) in [5.41, 5.74) is 7.58. The molecule has 0 fully saturated rings. The van der Waals surface area contributed by atoms with E-state index in [4.69, 9.17) is 14.9 Å². The zero-order chi connectivity index (χ0) is 14.1. The molecule has 0 atom stereocenters. The highest BCUT2D eigenvalue weighted by Crippen LogP contribution is 2.23. The van der Waals surface area contributed by atoms with Crippen molar-refractivity contribution in [3.8, 4) is 5.75 Å². The highest BCUT2D eigenvalue weighted by molar-refractivity contribution is 9.10. The van der Waals surface area contributed by atoms with Crippen LogP contribution >= 0.6 is 15.9 Å². The molecule has 6 heteroatoms. The monoisotopic (exact) mass is 336 g/mol. The third-order valence-electron chi connectivity index (χ3n) is 2.66. The van der Waals surface area contributed by atoms with Crippen molar-refractivity contribution in [1.29, 1.82) is 0 Å². The van der Waals surface area contributed by atoms with Gasteiger partial charge in [0.25, 0.3) is 0 Å². The topological polar surface area (TPSA) is 61.3 Å². The molecule has 0 amide bonds. The number of nitrogens with zero attached hydrogens (tertiary/aromatic N) is 1. The average molecular weight is 337 g/mol. The zero-order valence-electron chi connectivity index (χ0n) is 10.3. The van der Waals surface area contributed by atoms with Crippen LogP contribution in [-0.2, 0) is 6.61 Å². The van der Waals surface area contributed by atoms with E-state index in [2.05, 4.69) is 20.9 Å². The molecule has 3 rings (SSSR count). The van der Waals surface area contributed by atoms with Gasteiger partial charge < -0.3 is 14.9 Å². The minimum atomic E-state index is -0.375. The normalized spacial score (nSPS) is 10.9. The van der Waals surface area contributed by atoms with E-state index >= 15 is 0 Å². The average Bonchev–Trinajstić information content (AvgIpc) is 2.77. The van der Waals surface area contributed by atoms with Crippen LogP contribution in [0.2, 0.25) is 0 Å². The summed E-state index contributed by atoms with van der Waals surface area (Å²) in [5.74, 6) is 0.435. The van der Waals surface area contributed by atoms with Crippen LogP contribution in [-0.4, -0.2) is 4.98 Å². The van der Waals surface area contributed by atoms with Crippen LogP contribution in [0.1, 0.15) is 5.89 Å². The lowest BCUT2D eigenvalue weighted by Gasteiger charge is -2.04. The molecule has 0 saturated heterocycles. The van der Waals surface area contributed by atoms with E-state index in [0.29, 0.717) is 32.9 Å². The number of nitrogen functional groups attached to an aromatic ring is 1. The van der Waals surface area contributed by atoms with Gasteiger partial charge in [-0.2, -0.15) is 0 Å². The Labute approximate surface area is 122 Å². The summed E-state index contributed by atoms with van der Waals surface area (Å²) in [5, 5.41) is 0. The van der Waals surface area contributed by atoms with Crippen molar-refractivity contribution in [1.82, 2.24) is 4.98 Å². The maximum absolute atomic E-state index is 13.2. The number of hydrogen-bond donors (Lipinski definition) is 1. The molecule has 3 aromatic rings. The van der Waals surface area contributed by atoms with E-state index in [1.807, 2.05) is 0 Å². The number of fused-ring (bicyclic) bond motifs is 1. The van der Waals surface area contributed by atoms with Crippen LogP contribution in [0, 0.1) is 5.82 Å². The van der Waals surface area contributed by atoms with Crippen molar-refractivity contribution in [2.24, 2.45) is 0 Å². The number of rotatable bonds is 3. The van der Waals surface area contributed by atoms with E-state index in [-0.39, 0.29) is 12.4 Å². The highest BCUT2D eigenvalue weighted by atomic mass is 79.9. The first-order valence-electron chi connectivity index (χ1n) is 5.84. The molecule has 0 unspecified atom stereocenters. The summed E-state index contributed by atoms with van der Waals surface area (Å²) in [4.78, 5) is 4.26. The van der Waals surface area contributed by atoms with Gasteiger partial charge in [-0.15, -0.1) is 0 Å². The fraction of sp³-hybridized carbons (Fsp3) is 0.0714. The lowest BCUT2D eigenvalue weighted by molar-refractivity contribution is 0.266. The molecule has 4 nitrogen and oxygen atoms in total. The second-order valence-corrected chi connectivity index (χ2v) is 5.14. The molecular weight excluding hydrogens is 327 g/mol. The first-order chi connectivity index (χ1) is 9.60. The number of oxazole rings is 1. The fourth-order valence-electron chi connectivity index (χ4n) is 1.81. The molecule has 102 valence electrons. The van der Waals surface area contributed by atoms with Gasteiger partial charge in [0.05, 0.1) is 0 Å². The molecule has 0 aliphatic carbocycles. The van der Waals surface area contributed by atoms with E-state index in [0.717, 1.165) is 0 Å². The van der Waals surface area contributed by atoms with Gasteiger partial charge in [-0.1, -0.05) is 15.9 Å². The third-order valence-corrected chi connectivity index (χ3v) is 3.11. The molecule has 1 aromatic heterocycles. The SMILES string of the molecule is Nc1ccc2nc(COc3cc(F)cc(Br)c3)oc2c1. The molecule has 2 aromatic carbocycles. The number of aromatic nitrogens is 1. The number of benzene rings is 2. The summed E-state index contributed by atoms with van der Waals surface area (Å²) < 4.78 is 24.8. The largest absolute Gasteiger partial charge is 0.484 e. The Morgan fingerprint density at radius 1 is 1.25 bits per heavy atom. The number of halogens is 2. The van der Waals surface area contributed by atoms with E-state index in [1.165, 1.54) is 12.1 Å². The van der Waals surface area contributed by atoms with Crippen LogP contribution in [0.25, 0.3) is 11.1 Å². The summed E-state index contributed by atoms with van der Waals surface area (Å²) in [6.07, 6.45) is 0. The fourth-order valence-corrected chi connectivity index (χ4v) is 2.25. The highest BCUT2D eigenvalue weighted by Gasteiger charge is 2.07. The lowest BCUT2D eigenvalue weighted by Crippen LogP contribution is -1.95. The lowest BCUT2D eigenvalue weighted by atomic mass is 10.3. The van der Waals surface area contributed by atoms with Gasteiger partial charge in [0, 0.05) is 22.3 Å². The Morgan fingerprint density at radius 3 is 2.90 bits per heavy atom. The van der Waals surface area contributed by atoms with Crippen molar-refractivity contribution in [2.45, 2.75) is 6.61 Å². The number of nitrogens with two attached hydrogens (primary N) is 1. The predicted molar refractivity (Wildman–Crippen MR) is 76.9 cm³/mol. The Morgan fingerprint density at radius 2 is 2.10 bits per heavy atom. The van der Waals surface area contributed by atoms with E-state index in [9.17, 15) is 4.39 Å². The van der Waals surface area contributed by atoms with Gasteiger partial charge in [-0.25, -0.2) is 9.37 Å². The first-order valence-corrected chi connectivity index (χ1v) is 6.63. The van der Waals surface area contributed by atoms with E-state index in [1.54, 1.807) is 24.3 Å². The molecule has 0 bridgehead atoms. The molecule has 2 N–H and O–H groups in total. The number of ether oxygens (including phenoxy) is 1.